The van der Waals surface area contributed by atoms with Gasteiger partial charge in [-0.2, -0.15) is 5.10 Å². The van der Waals surface area contributed by atoms with Gasteiger partial charge in [-0.3, -0.25) is 14.6 Å². The van der Waals surface area contributed by atoms with Crippen molar-refractivity contribution < 1.29 is 19.1 Å². The van der Waals surface area contributed by atoms with E-state index >= 15 is 0 Å². The quantitative estimate of drug-likeness (QED) is 0.330. The Morgan fingerprint density at radius 1 is 1.11 bits per heavy atom. The number of carbonyl (C=O) groups is 2. The van der Waals surface area contributed by atoms with Gasteiger partial charge in [-0.25, -0.2) is 9.07 Å². The molecule has 0 aliphatic heterocycles. The van der Waals surface area contributed by atoms with E-state index in [2.05, 4.69) is 15.4 Å². The van der Waals surface area contributed by atoms with Crippen molar-refractivity contribution in [3.63, 3.8) is 0 Å². The van der Waals surface area contributed by atoms with Crippen molar-refractivity contribution in [1.82, 2.24) is 14.8 Å². The van der Waals surface area contributed by atoms with Gasteiger partial charge in [-0.15, -0.1) is 0 Å². The van der Waals surface area contributed by atoms with E-state index in [4.69, 9.17) is 11.6 Å². The molecule has 35 heavy (non-hydrogen) atoms. The van der Waals surface area contributed by atoms with Crippen LogP contribution in [-0.4, -0.2) is 38.2 Å². The van der Waals surface area contributed by atoms with Crippen LogP contribution < -0.4 is 5.32 Å². The molecule has 178 valence electrons. The number of nitrogens with zero attached hydrogens (tertiary/aromatic N) is 3. The number of halogens is 2. The van der Waals surface area contributed by atoms with Crippen molar-refractivity contribution in [3.05, 3.63) is 95.0 Å². The summed E-state index contributed by atoms with van der Waals surface area (Å²) in [5.74, 6) is -1.32. The maximum atomic E-state index is 14.2. The molecule has 7 nitrogen and oxygen atoms in total. The summed E-state index contributed by atoms with van der Waals surface area (Å²) in [5, 5.41) is 16.6. The first-order valence-corrected chi connectivity index (χ1v) is 11.3. The van der Waals surface area contributed by atoms with Gasteiger partial charge in [-0.05, 0) is 42.3 Å². The fourth-order valence-corrected chi connectivity index (χ4v) is 3.69. The summed E-state index contributed by atoms with van der Waals surface area (Å²) in [6.45, 7) is 1.63. The Hall–Kier alpha value is -3.88. The average Bonchev–Trinajstić information content (AvgIpc) is 3.29. The van der Waals surface area contributed by atoms with Crippen LogP contribution in [0.2, 0.25) is 5.02 Å². The summed E-state index contributed by atoms with van der Waals surface area (Å²) in [5.41, 5.74) is 1.38. The van der Waals surface area contributed by atoms with Gasteiger partial charge < -0.3 is 10.4 Å². The molecule has 0 unspecified atom stereocenters. The van der Waals surface area contributed by atoms with E-state index < -0.39 is 11.7 Å². The number of rotatable bonds is 8. The standard InChI is InChI=1S/C26H22ClFN4O3/c1-16(15-33)12-23(34)22-14-24(32(31-22)18-6-3-2-4-7-18)30-26(35)19-13-17(9-10-20(19)27)25-21(28)8-5-11-29-25/h2-11,13-14,16,33H,12,15H2,1H3,(H,30,35)/t16-/m0/s1. The topological polar surface area (TPSA) is 97.1 Å². The highest BCUT2D eigenvalue weighted by atomic mass is 35.5. The molecular weight excluding hydrogens is 471 g/mol. The minimum Gasteiger partial charge on any atom is -0.396 e. The Labute approximate surface area is 206 Å². The number of benzene rings is 2. The normalized spacial score (nSPS) is 11.8. The lowest BCUT2D eigenvalue weighted by Crippen LogP contribution is -2.15. The monoisotopic (exact) mass is 492 g/mol. The maximum Gasteiger partial charge on any atom is 0.258 e. The first-order chi connectivity index (χ1) is 16.9. The Kier molecular flexibility index (Phi) is 7.33. The molecule has 0 bridgehead atoms. The SMILES string of the molecule is C[C@H](CO)CC(=O)c1cc(NC(=O)c2cc(-c3ncccc3F)ccc2Cl)n(-c2ccccc2)n1. The molecule has 2 N–H and O–H groups in total. The third-order valence-electron chi connectivity index (χ3n) is 5.33. The van der Waals surface area contributed by atoms with Crippen molar-refractivity contribution in [1.29, 1.82) is 0 Å². The number of para-hydroxylation sites is 1. The minimum atomic E-state index is -0.562. The van der Waals surface area contributed by atoms with Crippen LogP contribution in [0.4, 0.5) is 10.2 Å². The summed E-state index contributed by atoms with van der Waals surface area (Å²) in [6.07, 6.45) is 1.57. The highest BCUT2D eigenvalue weighted by Crippen LogP contribution is 2.27. The summed E-state index contributed by atoms with van der Waals surface area (Å²) in [4.78, 5) is 30.0. The van der Waals surface area contributed by atoms with Crippen molar-refractivity contribution in [3.8, 4) is 16.9 Å². The van der Waals surface area contributed by atoms with Crippen molar-refractivity contribution in [2.75, 3.05) is 11.9 Å². The third kappa shape index (κ3) is 5.45. The molecule has 0 spiro atoms. The largest absolute Gasteiger partial charge is 0.396 e. The zero-order valence-corrected chi connectivity index (χ0v) is 19.5. The number of amides is 1. The van der Waals surface area contributed by atoms with E-state index in [-0.39, 0.29) is 52.5 Å². The van der Waals surface area contributed by atoms with Gasteiger partial charge in [-0.1, -0.05) is 42.8 Å². The molecule has 2 aromatic carbocycles. The molecule has 0 aliphatic rings. The van der Waals surface area contributed by atoms with Gasteiger partial charge in [0, 0.05) is 30.9 Å². The zero-order valence-electron chi connectivity index (χ0n) is 18.8. The Balaban J connectivity index is 1.69. The van der Waals surface area contributed by atoms with Gasteiger partial charge in [0.05, 0.1) is 16.3 Å². The van der Waals surface area contributed by atoms with Gasteiger partial charge in [0.15, 0.2) is 5.78 Å². The Morgan fingerprint density at radius 2 is 1.89 bits per heavy atom. The lowest BCUT2D eigenvalue weighted by molar-refractivity contribution is 0.0937. The molecule has 0 saturated heterocycles. The fourth-order valence-electron chi connectivity index (χ4n) is 3.49. The second-order valence-electron chi connectivity index (χ2n) is 8.06. The summed E-state index contributed by atoms with van der Waals surface area (Å²) in [7, 11) is 0. The maximum absolute atomic E-state index is 14.2. The molecule has 4 rings (SSSR count). The molecule has 4 aromatic rings. The molecule has 1 amide bonds. The van der Waals surface area contributed by atoms with E-state index in [0.29, 0.717) is 11.3 Å². The highest BCUT2D eigenvalue weighted by molar-refractivity contribution is 6.34. The number of Topliss-reactive ketones (excluding diaryl/α,β-unsaturated/α-hetero) is 1. The molecule has 0 saturated carbocycles. The Bertz CT molecular complexity index is 1370. The van der Waals surface area contributed by atoms with Crippen LogP contribution in [0.5, 0.6) is 0 Å². The first-order valence-electron chi connectivity index (χ1n) is 10.9. The predicted octanol–water partition coefficient (Wildman–Crippen LogP) is 5.18. The van der Waals surface area contributed by atoms with Gasteiger partial charge in [0.25, 0.3) is 5.91 Å². The lowest BCUT2D eigenvalue weighted by atomic mass is 10.0. The number of pyridine rings is 1. The number of aliphatic hydroxyl groups excluding tert-OH is 1. The van der Waals surface area contributed by atoms with Crippen LogP contribution in [0.25, 0.3) is 16.9 Å². The average molecular weight is 493 g/mol. The lowest BCUT2D eigenvalue weighted by Gasteiger charge is -2.11. The number of anilines is 1. The fraction of sp³-hybridized carbons (Fsp3) is 0.154. The molecule has 2 aromatic heterocycles. The van der Waals surface area contributed by atoms with Crippen LogP contribution in [0, 0.1) is 11.7 Å². The van der Waals surface area contributed by atoms with Gasteiger partial charge >= 0.3 is 0 Å². The van der Waals surface area contributed by atoms with E-state index in [9.17, 15) is 19.1 Å². The number of aromatic nitrogens is 3. The van der Waals surface area contributed by atoms with E-state index in [1.807, 2.05) is 6.07 Å². The van der Waals surface area contributed by atoms with E-state index in [1.54, 1.807) is 37.3 Å². The van der Waals surface area contributed by atoms with Crippen molar-refractivity contribution >= 4 is 29.1 Å². The number of hydrogen-bond acceptors (Lipinski definition) is 5. The van der Waals surface area contributed by atoms with E-state index in [1.165, 1.54) is 41.2 Å². The number of carbonyl (C=O) groups excluding carboxylic acids is 2. The van der Waals surface area contributed by atoms with Crippen LogP contribution in [-0.2, 0) is 0 Å². The highest BCUT2D eigenvalue weighted by Gasteiger charge is 2.21. The number of aliphatic hydroxyl groups is 1. The molecule has 1 atom stereocenters. The summed E-state index contributed by atoms with van der Waals surface area (Å²) >= 11 is 6.30. The summed E-state index contributed by atoms with van der Waals surface area (Å²) in [6, 6.07) is 17.8. The third-order valence-corrected chi connectivity index (χ3v) is 5.66. The van der Waals surface area contributed by atoms with Crippen LogP contribution >= 0.6 is 11.6 Å². The first kappa shape index (κ1) is 24.3. The molecule has 2 heterocycles. The molecule has 0 fully saturated rings. The molecule has 9 heteroatoms. The molecule has 0 radical (unpaired) electrons. The zero-order chi connectivity index (χ0) is 24.9. The van der Waals surface area contributed by atoms with E-state index in [0.717, 1.165) is 0 Å². The number of ketones is 1. The smallest absolute Gasteiger partial charge is 0.258 e. The van der Waals surface area contributed by atoms with Crippen LogP contribution in [0.3, 0.4) is 0 Å². The predicted molar refractivity (Wildman–Crippen MR) is 131 cm³/mol. The minimum absolute atomic E-state index is 0.0958. The molecule has 0 aliphatic carbocycles. The number of hydrogen-bond donors (Lipinski definition) is 2. The van der Waals surface area contributed by atoms with Crippen LogP contribution in [0.1, 0.15) is 34.2 Å². The molecular formula is C26H22ClFN4O3. The van der Waals surface area contributed by atoms with Crippen molar-refractivity contribution in [2.24, 2.45) is 5.92 Å². The van der Waals surface area contributed by atoms with Crippen molar-refractivity contribution in [2.45, 2.75) is 13.3 Å². The van der Waals surface area contributed by atoms with Gasteiger partial charge in [0.1, 0.15) is 23.0 Å². The second-order valence-corrected chi connectivity index (χ2v) is 8.47. The second kappa shape index (κ2) is 10.6. The van der Waals surface area contributed by atoms with Gasteiger partial charge in [0.2, 0.25) is 0 Å². The summed E-state index contributed by atoms with van der Waals surface area (Å²) < 4.78 is 15.7. The Morgan fingerprint density at radius 3 is 2.60 bits per heavy atom. The van der Waals surface area contributed by atoms with Crippen LogP contribution in [0.15, 0.2) is 72.9 Å². The number of nitrogens with one attached hydrogen (secondary N) is 1.